The molecule has 152 valence electrons. The molecule has 0 saturated carbocycles. The number of fused-ring (bicyclic) bond motifs is 2. The van der Waals surface area contributed by atoms with Crippen molar-refractivity contribution >= 4 is 22.5 Å². The first-order valence-electron chi connectivity index (χ1n) is 9.90. The Kier molecular flexibility index (Phi) is 4.66. The van der Waals surface area contributed by atoms with Gasteiger partial charge in [-0.05, 0) is 31.0 Å². The fraction of sp³-hybridized carbons (Fsp3) is 0.227. The molecule has 3 aromatic heterocycles. The van der Waals surface area contributed by atoms with Crippen LogP contribution in [0, 0.1) is 5.82 Å². The SMILES string of the molecule is C[C@H]1CNc2nc(-c3cncc(F)c3)nc(NCCc3c[nH]c4ccccc34)c2O1. The maximum Gasteiger partial charge on any atom is 0.204 e. The van der Waals surface area contributed by atoms with Gasteiger partial charge in [-0.3, -0.25) is 4.98 Å². The van der Waals surface area contributed by atoms with Gasteiger partial charge in [-0.2, -0.15) is 0 Å². The molecular weight excluding hydrogens is 383 g/mol. The van der Waals surface area contributed by atoms with Crippen molar-refractivity contribution in [2.24, 2.45) is 0 Å². The Hall–Kier alpha value is -3.68. The molecule has 0 unspecified atom stereocenters. The van der Waals surface area contributed by atoms with Gasteiger partial charge in [-0.15, -0.1) is 0 Å². The van der Waals surface area contributed by atoms with E-state index in [1.54, 1.807) is 6.20 Å². The lowest BCUT2D eigenvalue weighted by molar-refractivity contribution is 0.225. The number of ether oxygens (including phenoxy) is 1. The molecule has 3 N–H and O–H groups in total. The van der Waals surface area contributed by atoms with Gasteiger partial charge in [-0.25, -0.2) is 14.4 Å². The second-order valence-corrected chi connectivity index (χ2v) is 7.31. The molecule has 7 nitrogen and oxygen atoms in total. The Morgan fingerprint density at radius 1 is 1.23 bits per heavy atom. The van der Waals surface area contributed by atoms with E-state index in [0.29, 0.717) is 41.9 Å². The second kappa shape index (κ2) is 7.62. The molecule has 0 bridgehead atoms. The Morgan fingerprint density at radius 2 is 2.13 bits per heavy atom. The van der Waals surface area contributed by atoms with Crippen molar-refractivity contribution < 1.29 is 9.13 Å². The number of pyridine rings is 1. The lowest BCUT2D eigenvalue weighted by Crippen LogP contribution is -2.29. The number of para-hydroxylation sites is 1. The van der Waals surface area contributed by atoms with Gasteiger partial charge in [-0.1, -0.05) is 18.2 Å². The van der Waals surface area contributed by atoms with Gasteiger partial charge >= 0.3 is 0 Å². The first kappa shape index (κ1) is 18.4. The van der Waals surface area contributed by atoms with Crippen LogP contribution in [0.3, 0.4) is 0 Å². The number of benzene rings is 1. The lowest BCUT2D eigenvalue weighted by Gasteiger charge is -2.26. The van der Waals surface area contributed by atoms with E-state index in [-0.39, 0.29) is 6.10 Å². The van der Waals surface area contributed by atoms with Crippen molar-refractivity contribution in [3.05, 3.63) is 60.3 Å². The second-order valence-electron chi connectivity index (χ2n) is 7.31. The Bertz CT molecular complexity index is 1210. The van der Waals surface area contributed by atoms with E-state index in [4.69, 9.17) is 4.74 Å². The Morgan fingerprint density at radius 3 is 3.03 bits per heavy atom. The molecule has 5 rings (SSSR count). The number of anilines is 2. The average molecular weight is 404 g/mol. The summed E-state index contributed by atoms with van der Waals surface area (Å²) in [6.45, 7) is 3.28. The number of aromatic amines is 1. The summed E-state index contributed by atoms with van der Waals surface area (Å²) >= 11 is 0. The van der Waals surface area contributed by atoms with Crippen LogP contribution < -0.4 is 15.4 Å². The van der Waals surface area contributed by atoms with Gasteiger partial charge in [0.2, 0.25) is 5.75 Å². The summed E-state index contributed by atoms with van der Waals surface area (Å²) in [5.74, 6) is 1.72. The first-order valence-corrected chi connectivity index (χ1v) is 9.90. The minimum absolute atomic E-state index is 0.00282. The van der Waals surface area contributed by atoms with Gasteiger partial charge in [0, 0.05) is 35.4 Å². The van der Waals surface area contributed by atoms with Crippen LogP contribution in [0.5, 0.6) is 5.75 Å². The molecule has 4 aromatic rings. The van der Waals surface area contributed by atoms with Crippen LogP contribution in [0.1, 0.15) is 12.5 Å². The van der Waals surface area contributed by atoms with Crippen molar-refractivity contribution in [1.29, 1.82) is 0 Å². The molecular formula is C22H21FN6O. The van der Waals surface area contributed by atoms with Gasteiger partial charge < -0.3 is 20.4 Å². The summed E-state index contributed by atoms with van der Waals surface area (Å²) in [7, 11) is 0. The summed E-state index contributed by atoms with van der Waals surface area (Å²) in [6, 6.07) is 9.60. The Balaban J connectivity index is 1.43. The highest BCUT2D eigenvalue weighted by molar-refractivity contribution is 5.83. The van der Waals surface area contributed by atoms with Crippen LogP contribution in [-0.2, 0) is 6.42 Å². The monoisotopic (exact) mass is 404 g/mol. The van der Waals surface area contributed by atoms with Crippen molar-refractivity contribution in [3.63, 3.8) is 0 Å². The summed E-state index contributed by atoms with van der Waals surface area (Å²) in [5.41, 5.74) is 2.86. The third-order valence-electron chi connectivity index (χ3n) is 5.07. The topological polar surface area (TPSA) is 87.8 Å². The zero-order chi connectivity index (χ0) is 20.5. The quantitative estimate of drug-likeness (QED) is 0.466. The zero-order valence-electron chi connectivity index (χ0n) is 16.4. The van der Waals surface area contributed by atoms with Gasteiger partial charge in [0.15, 0.2) is 17.5 Å². The number of rotatable bonds is 5. The number of halogens is 1. The molecule has 0 saturated heterocycles. The number of hydrogen-bond donors (Lipinski definition) is 3. The first-order chi connectivity index (χ1) is 14.7. The van der Waals surface area contributed by atoms with Gasteiger partial charge in [0.05, 0.1) is 12.7 Å². The number of aromatic nitrogens is 4. The summed E-state index contributed by atoms with van der Waals surface area (Å²) in [4.78, 5) is 16.3. The van der Waals surface area contributed by atoms with Crippen molar-refractivity contribution in [2.45, 2.75) is 19.4 Å². The maximum atomic E-state index is 13.7. The van der Waals surface area contributed by atoms with Crippen molar-refractivity contribution in [1.82, 2.24) is 19.9 Å². The van der Waals surface area contributed by atoms with Crippen molar-refractivity contribution in [3.8, 4) is 17.1 Å². The fourth-order valence-corrected chi connectivity index (χ4v) is 3.60. The molecule has 1 aromatic carbocycles. The minimum Gasteiger partial charge on any atom is -0.482 e. The van der Waals surface area contributed by atoms with E-state index in [0.717, 1.165) is 18.1 Å². The van der Waals surface area contributed by atoms with Crippen molar-refractivity contribution in [2.75, 3.05) is 23.7 Å². The number of nitrogens with one attached hydrogen (secondary N) is 3. The smallest absolute Gasteiger partial charge is 0.204 e. The number of hydrogen-bond acceptors (Lipinski definition) is 6. The molecule has 1 atom stereocenters. The maximum absolute atomic E-state index is 13.7. The standard InChI is InChI=1S/C22H21FN6O/c1-13-9-27-22-19(30-13)21(28-20(29-22)15-8-16(23)12-24-10-15)25-7-6-14-11-26-18-5-3-2-4-17(14)18/h2-5,8,10-13,26H,6-7,9H2,1H3,(H2,25,27,28,29)/t13-/m0/s1. The highest BCUT2D eigenvalue weighted by Gasteiger charge is 2.23. The number of H-pyrrole nitrogens is 1. The molecule has 8 heteroatoms. The summed E-state index contributed by atoms with van der Waals surface area (Å²) < 4.78 is 19.6. The molecule has 0 amide bonds. The summed E-state index contributed by atoms with van der Waals surface area (Å²) in [5, 5.41) is 7.86. The number of nitrogens with zero attached hydrogens (tertiary/aromatic N) is 3. The van der Waals surface area contributed by atoms with Gasteiger partial charge in [0.25, 0.3) is 0 Å². The molecule has 1 aliphatic rings. The lowest BCUT2D eigenvalue weighted by atomic mass is 10.1. The molecule has 0 spiro atoms. The molecule has 0 aliphatic carbocycles. The Labute approximate surface area is 172 Å². The predicted molar refractivity (Wildman–Crippen MR) is 114 cm³/mol. The van der Waals surface area contributed by atoms with E-state index in [9.17, 15) is 4.39 Å². The van der Waals surface area contributed by atoms with Crippen LogP contribution in [0.15, 0.2) is 48.9 Å². The van der Waals surface area contributed by atoms with Crippen LogP contribution in [-0.4, -0.2) is 39.1 Å². The van der Waals surface area contributed by atoms with Crippen LogP contribution in [0.25, 0.3) is 22.3 Å². The van der Waals surface area contributed by atoms with Crippen LogP contribution in [0.4, 0.5) is 16.0 Å². The summed E-state index contributed by atoms with van der Waals surface area (Å²) in [6.07, 6.45) is 5.55. The highest BCUT2D eigenvalue weighted by Crippen LogP contribution is 2.36. The molecule has 30 heavy (non-hydrogen) atoms. The van der Waals surface area contributed by atoms with E-state index in [1.807, 2.05) is 25.3 Å². The molecule has 0 radical (unpaired) electrons. The molecule has 1 aliphatic heterocycles. The van der Waals surface area contributed by atoms with Gasteiger partial charge in [0.1, 0.15) is 11.9 Å². The van der Waals surface area contributed by atoms with Crippen LogP contribution >= 0.6 is 0 Å². The third kappa shape index (κ3) is 3.52. The predicted octanol–water partition coefficient (Wildman–Crippen LogP) is 4.01. The average Bonchev–Trinajstić information content (AvgIpc) is 3.17. The van der Waals surface area contributed by atoms with E-state index >= 15 is 0 Å². The molecule has 0 fully saturated rings. The van der Waals surface area contributed by atoms with Crippen LogP contribution in [0.2, 0.25) is 0 Å². The normalized spacial score (nSPS) is 15.3. The highest BCUT2D eigenvalue weighted by atomic mass is 19.1. The van der Waals surface area contributed by atoms with E-state index in [2.05, 4.69) is 42.7 Å². The minimum atomic E-state index is -0.430. The van der Waals surface area contributed by atoms with E-state index in [1.165, 1.54) is 17.0 Å². The van der Waals surface area contributed by atoms with E-state index < -0.39 is 5.82 Å². The zero-order valence-corrected chi connectivity index (χ0v) is 16.4. The third-order valence-corrected chi connectivity index (χ3v) is 5.07. The largest absolute Gasteiger partial charge is 0.482 e. The fourth-order valence-electron chi connectivity index (χ4n) is 3.60. The molecule has 4 heterocycles.